The van der Waals surface area contributed by atoms with Crippen LogP contribution in [-0.4, -0.2) is 55.4 Å². The van der Waals surface area contributed by atoms with Crippen LogP contribution in [0.15, 0.2) is 0 Å². The van der Waals surface area contributed by atoms with E-state index in [2.05, 4.69) is 10.6 Å². The van der Waals surface area contributed by atoms with Crippen LogP contribution in [0.4, 0.5) is 4.79 Å². The molecule has 2 atom stereocenters. The Hall–Kier alpha value is -0.810. The molecule has 2 unspecified atom stereocenters. The van der Waals surface area contributed by atoms with Crippen molar-refractivity contribution in [2.75, 3.05) is 32.7 Å². The average Bonchev–Trinajstić information content (AvgIpc) is 2.47. The molecule has 5 heteroatoms. The van der Waals surface area contributed by atoms with E-state index in [-0.39, 0.29) is 6.09 Å². The molecule has 5 nitrogen and oxygen atoms in total. The summed E-state index contributed by atoms with van der Waals surface area (Å²) >= 11 is 0. The maximum absolute atomic E-state index is 12.2. The Kier molecular flexibility index (Phi) is 6.50. The zero-order valence-electron chi connectivity index (χ0n) is 14.5. The molecule has 0 spiro atoms. The molecule has 0 aliphatic carbocycles. The Bertz CT molecular complexity index is 348. The van der Waals surface area contributed by atoms with E-state index >= 15 is 0 Å². The highest BCUT2D eigenvalue weighted by Crippen LogP contribution is 2.19. The zero-order chi connectivity index (χ0) is 16.0. The molecule has 128 valence electrons. The van der Waals surface area contributed by atoms with Gasteiger partial charge in [-0.2, -0.15) is 0 Å². The van der Waals surface area contributed by atoms with E-state index in [0.717, 1.165) is 39.1 Å². The number of hydrogen-bond acceptors (Lipinski definition) is 4. The van der Waals surface area contributed by atoms with Crippen molar-refractivity contribution in [3.8, 4) is 0 Å². The lowest BCUT2D eigenvalue weighted by Gasteiger charge is -2.34. The van der Waals surface area contributed by atoms with Crippen LogP contribution in [0.3, 0.4) is 0 Å². The molecule has 22 heavy (non-hydrogen) atoms. The Balaban J connectivity index is 1.67. The minimum Gasteiger partial charge on any atom is -0.444 e. The van der Waals surface area contributed by atoms with E-state index in [9.17, 15) is 4.79 Å². The van der Waals surface area contributed by atoms with Crippen LogP contribution in [0.2, 0.25) is 0 Å². The predicted molar refractivity (Wildman–Crippen MR) is 89.0 cm³/mol. The molecule has 0 saturated carbocycles. The van der Waals surface area contributed by atoms with Crippen LogP contribution < -0.4 is 10.6 Å². The third-order valence-electron chi connectivity index (χ3n) is 4.41. The summed E-state index contributed by atoms with van der Waals surface area (Å²) in [6.07, 6.45) is 6.05. The van der Waals surface area contributed by atoms with E-state index < -0.39 is 5.60 Å². The topological polar surface area (TPSA) is 53.6 Å². The third-order valence-corrected chi connectivity index (χ3v) is 4.41. The van der Waals surface area contributed by atoms with Crippen molar-refractivity contribution in [3.05, 3.63) is 0 Å². The number of rotatable bonds is 4. The molecule has 2 aliphatic heterocycles. The van der Waals surface area contributed by atoms with Crippen molar-refractivity contribution in [1.29, 1.82) is 0 Å². The van der Waals surface area contributed by atoms with Crippen molar-refractivity contribution in [2.24, 2.45) is 5.92 Å². The van der Waals surface area contributed by atoms with Crippen LogP contribution >= 0.6 is 0 Å². The molecule has 2 fully saturated rings. The summed E-state index contributed by atoms with van der Waals surface area (Å²) in [5, 5.41) is 7.15. The molecule has 0 aromatic heterocycles. The van der Waals surface area contributed by atoms with Crippen LogP contribution in [0.1, 0.15) is 52.9 Å². The van der Waals surface area contributed by atoms with Crippen LogP contribution in [0.5, 0.6) is 0 Å². The van der Waals surface area contributed by atoms with E-state index in [1.165, 1.54) is 25.7 Å². The number of likely N-dealkylation sites (tertiary alicyclic amines) is 1. The van der Waals surface area contributed by atoms with Gasteiger partial charge in [0.25, 0.3) is 0 Å². The smallest absolute Gasteiger partial charge is 0.410 e. The lowest BCUT2D eigenvalue weighted by Crippen LogP contribution is -2.47. The van der Waals surface area contributed by atoms with Crippen molar-refractivity contribution >= 4 is 6.09 Å². The number of hydrogen-bond donors (Lipinski definition) is 2. The molecule has 2 aliphatic rings. The lowest BCUT2D eigenvalue weighted by molar-refractivity contribution is 0.0166. The number of amides is 1. The highest BCUT2D eigenvalue weighted by Gasteiger charge is 2.27. The molecule has 0 bridgehead atoms. The summed E-state index contributed by atoms with van der Waals surface area (Å²) in [7, 11) is 0. The number of nitrogens with one attached hydrogen (secondary N) is 2. The number of piperidine rings is 2. The van der Waals surface area contributed by atoms with Gasteiger partial charge in [0.2, 0.25) is 0 Å². The summed E-state index contributed by atoms with van der Waals surface area (Å²) in [4.78, 5) is 14.0. The minimum atomic E-state index is -0.408. The number of nitrogens with zero attached hydrogens (tertiary/aromatic N) is 1. The van der Waals surface area contributed by atoms with Gasteiger partial charge in [0.1, 0.15) is 5.60 Å². The minimum absolute atomic E-state index is 0.161. The molecule has 0 aromatic carbocycles. The van der Waals surface area contributed by atoms with Crippen molar-refractivity contribution in [3.63, 3.8) is 0 Å². The van der Waals surface area contributed by atoms with Gasteiger partial charge in [0.05, 0.1) is 0 Å². The summed E-state index contributed by atoms with van der Waals surface area (Å²) in [5.74, 6) is 0.546. The second kappa shape index (κ2) is 8.16. The Morgan fingerprint density at radius 3 is 2.73 bits per heavy atom. The van der Waals surface area contributed by atoms with Crippen molar-refractivity contribution in [2.45, 2.75) is 64.5 Å². The Morgan fingerprint density at radius 2 is 2.05 bits per heavy atom. The molecule has 0 aromatic rings. The summed E-state index contributed by atoms with van der Waals surface area (Å²) in [6, 6.07) is 0.624. The highest BCUT2D eigenvalue weighted by atomic mass is 16.6. The summed E-state index contributed by atoms with van der Waals surface area (Å²) in [5.41, 5.74) is -0.408. The highest BCUT2D eigenvalue weighted by molar-refractivity contribution is 5.68. The van der Waals surface area contributed by atoms with Gasteiger partial charge in [-0.25, -0.2) is 4.79 Å². The maximum Gasteiger partial charge on any atom is 0.410 e. The molecule has 0 radical (unpaired) electrons. The second-order valence-corrected chi connectivity index (χ2v) is 7.74. The number of ether oxygens (including phenoxy) is 1. The summed E-state index contributed by atoms with van der Waals surface area (Å²) < 4.78 is 5.48. The van der Waals surface area contributed by atoms with Gasteiger partial charge in [-0.3, -0.25) is 0 Å². The van der Waals surface area contributed by atoms with Gasteiger partial charge in [-0.05, 0) is 65.5 Å². The van der Waals surface area contributed by atoms with Crippen molar-refractivity contribution < 1.29 is 9.53 Å². The zero-order valence-corrected chi connectivity index (χ0v) is 14.5. The van der Waals surface area contributed by atoms with Gasteiger partial charge in [-0.1, -0.05) is 6.42 Å². The number of carbonyl (C=O) groups excluding carboxylic acids is 1. The van der Waals surface area contributed by atoms with E-state index in [1.807, 2.05) is 25.7 Å². The fourth-order valence-corrected chi connectivity index (χ4v) is 3.28. The van der Waals surface area contributed by atoms with Crippen LogP contribution in [-0.2, 0) is 4.74 Å². The Morgan fingerprint density at radius 1 is 1.23 bits per heavy atom. The molecule has 2 rings (SSSR count). The first-order valence-corrected chi connectivity index (χ1v) is 8.86. The third kappa shape index (κ3) is 6.13. The molecule has 2 saturated heterocycles. The molecule has 2 heterocycles. The average molecular weight is 311 g/mol. The molecule has 1 amide bonds. The van der Waals surface area contributed by atoms with E-state index in [1.54, 1.807) is 0 Å². The standard InChI is InChI=1S/C17H33N3O2/c1-17(2,3)22-16(21)20-10-6-7-14(13-20)11-18-12-15-8-4-5-9-19-15/h14-15,18-19H,4-13H2,1-3H3. The lowest BCUT2D eigenvalue weighted by atomic mass is 9.98. The van der Waals surface area contributed by atoms with Gasteiger partial charge in [0.15, 0.2) is 0 Å². The monoisotopic (exact) mass is 311 g/mol. The first-order chi connectivity index (χ1) is 10.4. The van der Waals surface area contributed by atoms with Crippen molar-refractivity contribution in [1.82, 2.24) is 15.5 Å². The second-order valence-electron chi connectivity index (χ2n) is 7.74. The SMILES string of the molecule is CC(C)(C)OC(=O)N1CCCC(CNCC2CCCCN2)C1. The maximum atomic E-state index is 12.2. The summed E-state index contributed by atoms with van der Waals surface area (Å²) in [6.45, 7) is 10.6. The predicted octanol–water partition coefficient (Wildman–Crippen LogP) is 2.37. The normalized spacial score (nSPS) is 26.8. The quantitative estimate of drug-likeness (QED) is 0.837. The first-order valence-electron chi connectivity index (χ1n) is 8.86. The van der Waals surface area contributed by atoms with Gasteiger partial charge >= 0.3 is 6.09 Å². The fourth-order valence-electron chi connectivity index (χ4n) is 3.28. The molecule has 2 N–H and O–H groups in total. The van der Waals surface area contributed by atoms with Gasteiger partial charge in [0, 0.05) is 25.7 Å². The Labute approximate surface area is 135 Å². The fraction of sp³-hybridized carbons (Fsp3) is 0.941. The van der Waals surface area contributed by atoms with Crippen LogP contribution in [0, 0.1) is 5.92 Å². The molecular formula is C17H33N3O2. The molecular weight excluding hydrogens is 278 g/mol. The van der Waals surface area contributed by atoms with E-state index in [4.69, 9.17) is 4.74 Å². The van der Waals surface area contributed by atoms with E-state index in [0.29, 0.717) is 12.0 Å². The van der Waals surface area contributed by atoms with Crippen LogP contribution in [0.25, 0.3) is 0 Å². The largest absolute Gasteiger partial charge is 0.444 e. The van der Waals surface area contributed by atoms with Gasteiger partial charge in [-0.15, -0.1) is 0 Å². The number of carbonyl (C=O) groups is 1. The first kappa shape index (κ1) is 17.5. The van der Waals surface area contributed by atoms with Gasteiger partial charge < -0.3 is 20.3 Å².